The molecule has 1 aliphatic carbocycles. The SMILES string of the molecule is FC(F)(F)c1cc(C=NC2CC(N=Cc3cc(C(F)(F)F)cc(C(F)(F)F)c3)CC(N=Cc3cc(C(F)(F)F)cc(C(F)(F)F)c3)C2)cc(C(F)(F)F)c1. The van der Waals surface area contributed by atoms with E-state index in [-0.39, 0.29) is 37.5 Å². The summed E-state index contributed by atoms with van der Waals surface area (Å²) in [5.74, 6) is 0. The van der Waals surface area contributed by atoms with Crippen LogP contribution in [0.5, 0.6) is 0 Å². The second kappa shape index (κ2) is 14.9. The van der Waals surface area contributed by atoms with Gasteiger partial charge in [0.2, 0.25) is 0 Å². The first-order chi connectivity index (χ1) is 24.5. The van der Waals surface area contributed by atoms with Crippen molar-refractivity contribution in [3.05, 3.63) is 105 Å². The number of rotatable bonds is 6. The van der Waals surface area contributed by atoms with Gasteiger partial charge in [-0.25, -0.2) is 0 Å². The molecule has 0 aromatic heterocycles. The van der Waals surface area contributed by atoms with Crippen molar-refractivity contribution in [3.63, 3.8) is 0 Å². The van der Waals surface area contributed by atoms with Gasteiger partial charge in [0.05, 0.1) is 51.5 Å². The van der Waals surface area contributed by atoms with Crippen molar-refractivity contribution in [3.8, 4) is 0 Å². The van der Waals surface area contributed by atoms with Crippen LogP contribution in [0.4, 0.5) is 79.0 Å². The van der Waals surface area contributed by atoms with Gasteiger partial charge in [-0.15, -0.1) is 0 Å². The lowest BCUT2D eigenvalue weighted by atomic mass is 9.87. The zero-order valence-electron chi connectivity index (χ0n) is 26.4. The van der Waals surface area contributed by atoms with E-state index >= 15 is 0 Å². The largest absolute Gasteiger partial charge is 0.416 e. The Morgan fingerprint density at radius 1 is 0.315 bits per heavy atom. The lowest BCUT2D eigenvalue weighted by Gasteiger charge is -2.29. The fraction of sp³-hybridized carbons (Fsp3) is 0.364. The van der Waals surface area contributed by atoms with E-state index in [4.69, 9.17) is 0 Å². The van der Waals surface area contributed by atoms with Crippen LogP contribution in [0, 0.1) is 0 Å². The molecule has 3 nitrogen and oxygen atoms in total. The molecule has 0 spiro atoms. The van der Waals surface area contributed by atoms with Crippen LogP contribution < -0.4 is 0 Å². The first-order valence-electron chi connectivity index (χ1n) is 15.0. The summed E-state index contributed by atoms with van der Waals surface area (Å²) >= 11 is 0. The second-order valence-electron chi connectivity index (χ2n) is 12.0. The molecule has 4 rings (SSSR count). The minimum Gasteiger partial charge on any atom is -0.289 e. The van der Waals surface area contributed by atoms with E-state index in [1.54, 1.807) is 0 Å². The van der Waals surface area contributed by atoms with Crippen LogP contribution in [0.3, 0.4) is 0 Å². The summed E-state index contributed by atoms with van der Waals surface area (Å²) in [6.07, 6.45) is -30.2. The molecular weight excluding hydrogens is 780 g/mol. The van der Waals surface area contributed by atoms with Crippen molar-refractivity contribution < 1.29 is 79.0 Å². The highest BCUT2D eigenvalue weighted by atomic mass is 19.4. The molecule has 0 N–H and O–H groups in total. The number of hydrogen-bond donors (Lipinski definition) is 0. The molecule has 1 fully saturated rings. The van der Waals surface area contributed by atoms with E-state index in [1.165, 1.54) is 0 Å². The molecule has 1 saturated carbocycles. The molecule has 0 amide bonds. The average molecular weight is 802 g/mol. The van der Waals surface area contributed by atoms with Crippen LogP contribution in [-0.2, 0) is 37.1 Å². The molecule has 0 bridgehead atoms. The van der Waals surface area contributed by atoms with Crippen molar-refractivity contribution >= 4 is 18.6 Å². The van der Waals surface area contributed by atoms with Gasteiger partial charge in [0.1, 0.15) is 0 Å². The van der Waals surface area contributed by atoms with E-state index in [9.17, 15) is 79.0 Å². The van der Waals surface area contributed by atoms with Gasteiger partial charge < -0.3 is 0 Å². The topological polar surface area (TPSA) is 37.1 Å². The molecule has 54 heavy (non-hydrogen) atoms. The molecule has 0 radical (unpaired) electrons. The first kappa shape index (κ1) is 42.2. The molecule has 0 atom stereocenters. The monoisotopic (exact) mass is 801 g/mol. The van der Waals surface area contributed by atoms with E-state index < -0.39 is 105 Å². The van der Waals surface area contributed by atoms with E-state index in [2.05, 4.69) is 15.0 Å². The Kier molecular flexibility index (Phi) is 11.6. The summed E-state index contributed by atoms with van der Waals surface area (Å²) in [6.45, 7) is 0. The van der Waals surface area contributed by atoms with Crippen LogP contribution in [0.1, 0.15) is 69.3 Å². The van der Waals surface area contributed by atoms with Crippen molar-refractivity contribution in [2.45, 2.75) is 74.4 Å². The summed E-state index contributed by atoms with van der Waals surface area (Å²) in [4.78, 5) is 12.0. The summed E-state index contributed by atoms with van der Waals surface area (Å²) in [5.41, 5.74) is -12.2. The molecular formula is C33H21F18N3. The van der Waals surface area contributed by atoms with Gasteiger partial charge in [-0.1, -0.05) is 0 Å². The number of hydrogen-bond acceptors (Lipinski definition) is 3. The standard InChI is InChI=1S/C33H21F18N3/c34-28(35,36)19-1-16(2-20(7-19)29(37,38)39)13-52-25-10-26(53-14-17-3-21(30(40,41)42)8-22(4-17)31(43,44)45)12-27(11-25)54-15-18-5-23(32(46,47)48)9-24(6-18)33(49,50)51/h1-9,13-15,25-27H,10-12H2. The second-order valence-corrected chi connectivity index (χ2v) is 12.0. The average Bonchev–Trinajstić information content (AvgIpc) is 3.02. The van der Waals surface area contributed by atoms with E-state index in [0.717, 1.165) is 0 Å². The Hall–Kier alpha value is -4.59. The fourth-order valence-corrected chi connectivity index (χ4v) is 5.33. The summed E-state index contributed by atoms with van der Waals surface area (Å²) < 4.78 is 240. The van der Waals surface area contributed by atoms with Crippen LogP contribution in [-0.4, -0.2) is 36.8 Å². The van der Waals surface area contributed by atoms with Crippen LogP contribution >= 0.6 is 0 Å². The number of halogens is 18. The highest BCUT2D eigenvalue weighted by Gasteiger charge is 2.39. The van der Waals surface area contributed by atoms with Crippen molar-refractivity contribution in [2.24, 2.45) is 15.0 Å². The van der Waals surface area contributed by atoms with Crippen molar-refractivity contribution in [2.75, 3.05) is 0 Å². The Morgan fingerprint density at radius 3 is 0.630 bits per heavy atom. The van der Waals surface area contributed by atoms with Gasteiger partial charge in [-0.3, -0.25) is 15.0 Å². The highest BCUT2D eigenvalue weighted by molar-refractivity contribution is 5.82. The maximum absolute atomic E-state index is 13.4. The number of alkyl halides is 18. The minimum atomic E-state index is -5.22. The molecule has 0 aliphatic heterocycles. The third kappa shape index (κ3) is 11.5. The van der Waals surface area contributed by atoms with Gasteiger partial charge >= 0.3 is 37.1 Å². The predicted octanol–water partition coefficient (Wildman–Crippen LogP) is 11.7. The molecule has 0 unspecified atom stereocenters. The number of aliphatic imine (C=N–C) groups is 3. The Labute approximate surface area is 292 Å². The van der Waals surface area contributed by atoms with Crippen LogP contribution in [0.2, 0.25) is 0 Å². The molecule has 0 saturated heterocycles. The lowest BCUT2D eigenvalue weighted by Crippen LogP contribution is -2.30. The molecule has 0 heterocycles. The Balaban J connectivity index is 1.74. The maximum atomic E-state index is 13.4. The molecule has 1 aliphatic rings. The van der Waals surface area contributed by atoms with Crippen molar-refractivity contribution in [1.82, 2.24) is 0 Å². The van der Waals surface area contributed by atoms with Gasteiger partial charge in [0, 0.05) is 18.6 Å². The van der Waals surface area contributed by atoms with Gasteiger partial charge in [0.25, 0.3) is 0 Å². The Bertz CT molecular complexity index is 1570. The predicted molar refractivity (Wildman–Crippen MR) is 157 cm³/mol. The number of nitrogens with zero attached hydrogens (tertiary/aromatic N) is 3. The fourth-order valence-electron chi connectivity index (χ4n) is 5.33. The molecule has 3 aromatic carbocycles. The number of benzene rings is 3. The summed E-state index contributed by atoms with van der Waals surface area (Å²) in [6, 6.07) is -1.86. The first-order valence-corrected chi connectivity index (χ1v) is 15.0. The van der Waals surface area contributed by atoms with E-state index in [1.807, 2.05) is 0 Å². The normalized spacial score (nSPS) is 19.8. The summed E-state index contributed by atoms with van der Waals surface area (Å²) in [7, 11) is 0. The maximum Gasteiger partial charge on any atom is 0.416 e. The molecule has 3 aromatic rings. The summed E-state index contributed by atoms with van der Waals surface area (Å²) in [5, 5.41) is 0. The molecule has 294 valence electrons. The third-order valence-electron chi connectivity index (χ3n) is 7.77. The Morgan fingerprint density at radius 2 is 0.481 bits per heavy atom. The van der Waals surface area contributed by atoms with E-state index in [0.29, 0.717) is 55.0 Å². The molecule has 21 heteroatoms. The van der Waals surface area contributed by atoms with Crippen LogP contribution in [0.15, 0.2) is 69.6 Å². The minimum absolute atomic E-state index is 0.149. The zero-order valence-corrected chi connectivity index (χ0v) is 26.4. The van der Waals surface area contributed by atoms with Gasteiger partial charge in [-0.2, -0.15) is 79.0 Å². The van der Waals surface area contributed by atoms with Crippen molar-refractivity contribution in [1.29, 1.82) is 0 Å². The van der Waals surface area contributed by atoms with Gasteiger partial charge in [0.15, 0.2) is 0 Å². The lowest BCUT2D eigenvalue weighted by molar-refractivity contribution is -0.144. The third-order valence-corrected chi connectivity index (χ3v) is 7.77. The quantitative estimate of drug-likeness (QED) is 0.176. The smallest absolute Gasteiger partial charge is 0.289 e. The zero-order chi connectivity index (χ0) is 40.7. The van der Waals surface area contributed by atoms with Gasteiger partial charge in [-0.05, 0) is 90.6 Å². The highest BCUT2D eigenvalue weighted by Crippen LogP contribution is 2.39. The van der Waals surface area contributed by atoms with Crippen LogP contribution in [0.25, 0.3) is 0 Å².